The van der Waals surface area contributed by atoms with E-state index in [-0.39, 0.29) is 23.5 Å². The fourth-order valence-electron chi connectivity index (χ4n) is 2.17. The molecule has 0 bridgehead atoms. The summed E-state index contributed by atoms with van der Waals surface area (Å²) in [4.78, 5) is 0. The van der Waals surface area contributed by atoms with Crippen molar-refractivity contribution in [2.45, 2.75) is 32.0 Å². The van der Waals surface area contributed by atoms with Crippen LogP contribution in [-0.2, 0) is 6.42 Å². The summed E-state index contributed by atoms with van der Waals surface area (Å²) in [5, 5.41) is 39.9. The highest BCUT2D eigenvalue weighted by Gasteiger charge is 2.26. The van der Waals surface area contributed by atoms with Gasteiger partial charge in [-0.2, -0.15) is 0 Å². The number of aliphatic hydroxyl groups excluding tert-OH is 1. The van der Waals surface area contributed by atoms with Gasteiger partial charge in [-0.1, -0.05) is 42.5 Å². The average molecular weight is 314 g/mol. The lowest BCUT2D eigenvalue weighted by Crippen LogP contribution is -2.37. The summed E-state index contributed by atoms with van der Waals surface area (Å²) in [5.74, 6) is -0.220. The van der Waals surface area contributed by atoms with Gasteiger partial charge < -0.3 is 20.4 Å². The van der Waals surface area contributed by atoms with Gasteiger partial charge in [-0.25, -0.2) is 0 Å². The molecule has 0 aliphatic heterocycles. The highest BCUT2D eigenvalue weighted by Crippen LogP contribution is 2.32. The van der Waals surface area contributed by atoms with Gasteiger partial charge >= 0.3 is 0 Å². The summed E-state index contributed by atoms with van der Waals surface area (Å²) in [7, 11) is 0. The number of phenolic OH excluding ortho intramolecular Hbond substituents is 2. The van der Waals surface area contributed by atoms with Crippen LogP contribution in [0.3, 0.4) is 0 Å². The van der Waals surface area contributed by atoms with Crippen molar-refractivity contribution in [2.24, 2.45) is 0 Å². The Hall–Kier alpha value is -2.30. The zero-order valence-electron chi connectivity index (χ0n) is 13.3. The molecule has 0 aliphatic rings. The van der Waals surface area contributed by atoms with E-state index in [2.05, 4.69) is 0 Å². The lowest BCUT2D eigenvalue weighted by Gasteiger charge is -2.25. The van der Waals surface area contributed by atoms with E-state index in [0.717, 1.165) is 5.56 Å². The fraction of sp³-hybridized carbons (Fsp3) is 0.263. The monoisotopic (exact) mass is 314 g/mol. The van der Waals surface area contributed by atoms with Crippen molar-refractivity contribution < 1.29 is 20.4 Å². The third kappa shape index (κ3) is 4.58. The van der Waals surface area contributed by atoms with Crippen LogP contribution in [0, 0.1) is 0 Å². The van der Waals surface area contributed by atoms with E-state index in [9.17, 15) is 20.4 Å². The van der Waals surface area contributed by atoms with Crippen LogP contribution >= 0.6 is 0 Å². The molecule has 2 aromatic carbocycles. The van der Waals surface area contributed by atoms with Crippen molar-refractivity contribution in [1.29, 1.82) is 0 Å². The fourth-order valence-corrected chi connectivity index (χ4v) is 2.17. The molecule has 0 fully saturated rings. The van der Waals surface area contributed by atoms with Crippen LogP contribution in [0.1, 0.15) is 30.5 Å². The maximum atomic E-state index is 10.1. The zero-order chi connectivity index (χ0) is 17.0. The van der Waals surface area contributed by atoms with E-state index in [1.807, 2.05) is 36.4 Å². The molecule has 0 heterocycles. The maximum absolute atomic E-state index is 10.1. The minimum Gasteiger partial charge on any atom is -0.508 e. The van der Waals surface area contributed by atoms with Gasteiger partial charge in [0.15, 0.2) is 0 Å². The first kappa shape index (κ1) is 17.1. The van der Waals surface area contributed by atoms with Gasteiger partial charge in [0, 0.05) is 12.0 Å². The van der Waals surface area contributed by atoms with Crippen molar-refractivity contribution in [2.75, 3.05) is 0 Å². The lowest BCUT2D eigenvalue weighted by molar-refractivity contribution is -0.0472. The topological polar surface area (TPSA) is 80.9 Å². The minimum atomic E-state index is -1.31. The van der Waals surface area contributed by atoms with E-state index in [1.165, 1.54) is 26.0 Å². The van der Waals surface area contributed by atoms with Crippen LogP contribution in [0.15, 0.2) is 42.5 Å². The normalized spacial score (nSPS) is 13.4. The molecular weight excluding hydrogens is 292 g/mol. The summed E-state index contributed by atoms with van der Waals surface area (Å²) in [6.07, 6.45) is 2.53. The van der Waals surface area contributed by atoms with Crippen LogP contribution in [-0.4, -0.2) is 32.1 Å². The van der Waals surface area contributed by atoms with E-state index >= 15 is 0 Å². The molecular formula is C19H22O4. The molecule has 0 aromatic heterocycles. The number of rotatable bonds is 5. The predicted molar refractivity (Wildman–Crippen MR) is 91.2 cm³/mol. The van der Waals surface area contributed by atoms with E-state index in [1.54, 1.807) is 6.08 Å². The molecule has 0 saturated heterocycles. The third-order valence-electron chi connectivity index (χ3n) is 3.71. The van der Waals surface area contributed by atoms with Gasteiger partial charge in [0.2, 0.25) is 0 Å². The summed E-state index contributed by atoms with van der Waals surface area (Å²) >= 11 is 0. The first-order chi connectivity index (χ1) is 10.8. The summed E-state index contributed by atoms with van der Waals surface area (Å²) in [6.45, 7) is 2.95. The highest BCUT2D eigenvalue weighted by atomic mass is 16.3. The second-order valence-corrected chi connectivity index (χ2v) is 6.16. The third-order valence-corrected chi connectivity index (χ3v) is 3.71. The van der Waals surface area contributed by atoms with Crippen molar-refractivity contribution >= 4 is 12.2 Å². The Balaban J connectivity index is 2.22. The molecule has 4 heteroatoms. The van der Waals surface area contributed by atoms with Crippen LogP contribution in [0.25, 0.3) is 12.2 Å². The smallest absolute Gasteiger partial charge is 0.123 e. The molecule has 0 amide bonds. The SMILES string of the molecule is CC(C)(O)[C@H](O)Cc1c(O)cc(/C=C/c2ccccc2)cc1O. The lowest BCUT2D eigenvalue weighted by atomic mass is 9.93. The Labute approximate surface area is 136 Å². The Bertz CT molecular complexity index is 661. The van der Waals surface area contributed by atoms with Gasteiger partial charge in [0.25, 0.3) is 0 Å². The van der Waals surface area contributed by atoms with E-state index < -0.39 is 11.7 Å². The first-order valence-corrected chi connectivity index (χ1v) is 7.46. The predicted octanol–water partition coefficient (Wildman–Crippen LogP) is 2.94. The average Bonchev–Trinajstić information content (AvgIpc) is 2.48. The molecule has 1 atom stereocenters. The number of benzene rings is 2. The standard InChI is InChI=1S/C19H22O4/c1-19(2,23)18(22)12-15-16(20)10-14(11-17(15)21)9-8-13-6-4-3-5-7-13/h3-11,18,20-23H,12H2,1-2H3/b9-8+/t18-/m1/s1. The minimum absolute atomic E-state index is 0.0379. The number of hydrogen-bond donors (Lipinski definition) is 4. The molecule has 23 heavy (non-hydrogen) atoms. The molecule has 2 aromatic rings. The van der Waals surface area contributed by atoms with Crippen molar-refractivity contribution in [1.82, 2.24) is 0 Å². The Morgan fingerprint density at radius 3 is 2.00 bits per heavy atom. The molecule has 0 spiro atoms. The Kier molecular flexibility index (Phi) is 5.08. The first-order valence-electron chi connectivity index (χ1n) is 7.46. The maximum Gasteiger partial charge on any atom is 0.123 e. The van der Waals surface area contributed by atoms with Crippen LogP contribution in [0.2, 0.25) is 0 Å². The van der Waals surface area contributed by atoms with E-state index in [4.69, 9.17) is 0 Å². The Morgan fingerprint density at radius 1 is 0.957 bits per heavy atom. The quantitative estimate of drug-likeness (QED) is 0.640. The zero-order valence-corrected chi connectivity index (χ0v) is 13.3. The summed E-state index contributed by atoms with van der Waals surface area (Å²) in [5.41, 5.74) is 0.556. The number of aliphatic hydroxyl groups is 2. The summed E-state index contributed by atoms with van der Waals surface area (Å²) in [6, 6.07) is 12.7. The number of phenols is 2. The Morgan fingerprint density at radius 2 is 1.48 bits per heavy atom. The molecule has 0 radical (unpaired) electrons. The van der Waals surface area contributed by atoms with Crippen LogP contribution in [0.5, 0.6) is 11.5 Å². The largest absolute Gasteiger partial charge is 0.508 e. The van der Waals surface area contributed by atoms with E-state index in [0.29, 0.717) is 5.56 Å². The number of aromatic hydroxyl groups is 2. The van der Waals surface area contributed by atoms with Crippen molar-refractivity contribution in [3.05, 3.63) is 59.2 Å². The van der Waals surface area contributed by atoms with Gasteiger partial charge in [-0.15, -0.1) is 0 Å². The molecule has 0 unspecified atom stereocenters. The van der Waals surface area contributed by atoms with Gasteiger partial charge in [0.05, 0.1) is 11.7 Å². The van der Waals surface area contributed by atoms with Gasteiger partial charge in [-0.3, -0.25) is 0 Å². The number of hydrogen-bond acceptors (Lipinski definition) is 4. The molecule has 4 N–H and O–H groups in total. The van der Waals surface area contributed by atoms with Crippen LogP contribution in [0.4, 0.5) is 0 Å². The second-order valence-electron chi connectivity index (χ2n) is 6.16. The van der Waals surface area contributed by atoms with Crippen LogP contribution < -0.4 is 0 Å². The molecule has 122 valence electrons. The molecule has 0 saturated carbocycles. The molecule has 2 rings (SSSR count). The highest BCUT2D eigenvalue weighted by molar-refractivity contribution is 5.71. The molecule has 0 aliphatic carbocycles. The van der Waals surface area contributed by atoms with Gasteiger partial charge in [-0.05, 0) is 37.1 Å². The van der Waals surface area contributed by atoms with Crippen molar-refractivity contribution in [3.63, 3.8) is 0 Å². The van der Waals surface area contributed by atoms with Crippen molar-refractivity contribution in [3.8, 4) is 11.5 Å². The second kappa shape index (κ2) is 6.86. The summed E-state index contributed by atoms with van der Waals surface area (Å²) < 4.78 is 0. The molecule has 4 nitrogen and oxygen atoms in total. The van der Waals surface area contributed by atoms with Gasteiger partial charge in [0.1, 0.15) is 11.5 Å².